The molecule has 0 spiro atoms. The van der Waals surface area contributed by atoms with Crippen molar-refractivity contribution >= 4 is 74.8 Å². The molecule has 4 rings (SSSR count). The van der Waals surface area contributed by atoms with Crippen LogP contribution in [0.3, 0.4) is 0 Å². The van der Waals surface area contributed by atoms with E-state index >= 15 is 0 Å². The lowest BCUT2D eigenvalue weighted by Gasteiger charge is -2.16. The molecule has 1 amide bonds. The van der Waals surface area contributed by atoms with Gasteiger partial charge in [0.25, 0.3) is 0 Å². The van der Waals surface area contributed by atoms with Crippen LogP contribution in [0.2, 0.25) is 0 Å². The summed E-state index contributed by atoms with van der Waals surface area (Å²) in [6.45, 7) is 0. The highest BCUT2D eigenvalue weighted by molar-refractivity contribution is 6.83. The van der Waals surface area contributed by atoms with Crippen LogP contribution in [-0.4, -0.2) is 34.2 Å². The average Bonchev–Trinajstić information content (AvgIpc) is 2.91. The molecule has 0 saturated carbocycles. The summed E-state index contributed by atoms with van der Waals surface area (Å²) in [6, 6.07) is 22.7. The van der Waals surface area contributed by atoms with Gasteiger partial charge in [-0.15, -0.1) is 0 Å². The first kappa shape index (κ1) is 27.1. The van der Waals surface area contributed by atoms with Crippen molar-refractivity contribution in [3.63, 3.8) is 0 Å². The molecule has 0 fully saturated rings. The number of halogens is 3. The third kappa shape index (κ3) is 5.94. The molecule has 0 saturated heterocycles. The van der Waals surface area contributed by atoms with E-state index in [0.717, 1.165) is 4.90 Å². The molecule has 38 heavy (non-hydrogen) atoms. The number of fused-ring (bicyclic) bond motifs is 1. The summed E-state index contributed by atoms with van der Waals surface area (Å²) in [5, 5.41) is 3.79. The molecule has 192 valence electrons. The fourth-order valence-corrected chi connectivity index (χ4v) is 3.78. The van der Waals surface area contributed by atoms with E-state index in [0.29, 0.717) is 16.6 Å². The van der Waals surface area contributed by atoms with Gasteiger partial charge < -0.3 is 4.42 Å². The maximum Gasteiger partial charge on any atom is 0.440 e. The van der Waals surface area contributed by atoms with Gasteiger partial charge in [-0.1, -0.05) is 101 Å². The quantitative estimate of drug-likeness (QED) is 0.0681. The molecule has 0 unspecified atom stereocenters. The Morgan fingerprint density at radius 3 is 2.13 bits per heavy atom. The van der Waals surface area contributed by atoms with E-state index in [1.807, 2.05) is 0 Å². The fourth-order valence-electron chi connectivity index (χ4n) is 3.42. The Morgan fingerprint density at radius 1 is 0.868 bits per heavy atom. The van der Waals surface area contributed by atoms with Crippen LogP contribution in [-0.2, 0) is 4.84 Å². The number of ketones is 2. The topological polar surface area (TPSA) is 106 Å². The molecule has 0 radical (unpaired) electrons. The van der Waals surface area contributed by atoms with Gasteiger partial charge >= 0.3 is 11.7 Å². The Hall–Kier alpha value is -3.98. The number of oxime groups is 1. The Bertz CT molecular complexity index is 1610. The van der Waals surface area contributed by atoms with Crippen LogP contribution in [0, 0.1) is 0 Å². The van der Waals surface area contributed by atoms with Gasteiger partial charge in [0, 0.05) is 29.2 Å². The van der Waals surface area contributed by atoms with Gasteiger partial charge in [-0.25, -0.2) is 9.59 Å². The number of hydrogen-bond acceptors (Lipinski definition) is 7. The summed E-state index contributed by atoms with van der Waals surface area (Å²) in [6.07, 6.45) is -0.975. The van der Waals surface area contributed by atoms with E-state index in [4.69, 9.17) is 44.1 Å². The molecular weight excluding hydrogens is 555 g/mol. The minimum Gasteiger partial charge on any atom is -0.422 e. The highest BCUT2D eigenvalue weighted by Gasteiger charge is 2.37. The van der Waals surface area contributed by atoms with Gasteiger partial charge in [-0.3, -0.25) is 19.3 Å². The molecule has 0 N–H and O–H groups in total. The van der Waals surface area contributed by atoms with Gasteiger partial charge in [0.2, 0.25) is 9.58 Å². The number of amides is 1. The van der Waals surface area contributed by atoms with Gasteiger partial charge in [0.1, 0.15) is 11.1 Å². The van der Waals surface area contributed by atoms with Crippen LogP contribution in [0.15, 0.2) is 99.3 Å². The molecule has 0 atom stereocenters. The predicted octanol–water partition coefficient (Wildman–Crippen LogP) is 6.21. The van der Waals surface area contributed by atoms with Crippen molar-refractivity contribution in [2.24, 2.45) is 5.16 Å². The number of carbonyl (C=O) groups is 3. The number of benzene rings is 3. The molecule has 0 aliphatic carbocycles. The maximum absolute atomic E-state index is 13.2. The molecule has 1 heterocycles. The van der Waals surface area contributed by atoms with Crippen molar-refractivity contribution in [3.8, 4) is 0 Å². The van der Waals surface area contributed by atoms with Gasteiger partial charge in [-0.2, -0.15) is 0 Å². The zero-order chi connectivity index (χ0) is 27.4. The normalized spacial score (nSPS) is 11.7. The Labute approximate surface area is 231 Å². The highest BCUT2D eigenvalue weighted by Crippen LogP contribution is 2.30. The summed E-state index contributed by atoms with van der Waals surface area (Å²) in [4.78, 5) is 57.0. The fraction of sp³-hybridized carbons (Fsp3) is 0.0741. The molecule has 0 aliphatic heterocycles. The van der Waals surface area contributed by atoms with Gasteiger partial charge in [0.05, 0.1) is 0 Å². The number of para-hydroxylation sites is 1. The highest BCUT2D eigenvalue weighted by atomic mass is 35.6. The largest absolute Gasteiger partial charge is 0.440 e. The third-order valence-corrected chi connectivity index (χ3v) is 5.93. The Morgan fingerprint density at radius 2 is 1.50 bits per heavy atom. The number of Topliss-reactive ketones (excluding diaryl/α,β-unsaturated/α-hetero) is 1. The molecule has 0 bridgehead atoms. The number of anilines is 1. The van der Waals surface area contributed by atoms with Crippen molar-refractivity contribution in [3.05, 3.63) is 112 Å². The lowest BCUT2D eigenvalue weighted by atomic mass is 10.0. The third-order valence-electron chi connectivity index (χ3n) is 5.39. The number of hydrogen-bond donors (Lipinski definition) is 0. The van der Waals surface area contributed by atoms with Gasteiger partial charge in [-0.05, 0) is 24.3 Å². The van der Waals surface area contributed by atoms with Gasteiger partial charge in [0.15, 0.2) is 11.5 Å². The second-order valence-corrected chi connectivity index (χ2v) is 10.2. The lowest BCUT2D eigenvalue weighted by Crippen LogP contribution is -2.33. The number of nitrogens with zero attached hydrogens (tertiary/aromatic N) is 2. The monoisotopic (exact) mass is 570 g/mol. The molecule has 1 aromatic heterocycles. The summed E-state index contributed by atoms with van der Waals surface area (Å²) in [7, 11) is 1.42. The van der Waals surface area contributed by atoms with Crippen molar-refractivity contribution in [1.29, 1.82) is 0 Å². The summed E-state index contributed by atoms with van der Waals surface area (Å²) < 4.78 is 2.85. The molecule has 3 aromatic carbocycles. The summed E-state index contributed by atoms with van der Waals surface area (Å²) in [5.41, 5.74) is -1.13. The second kappa shape index (κ2) is 11.2. The number of rotatable bonds is 6. The Balaban J connectivity index is 1.64. The van der Waals surface area contributed by atoms with Crippen LogP contribution >= 0.6 is 34.8 Å². The standard InChI is InChI=1S/C27H17Cl3N2O6/c1-32(19-10-6-3-7-11-19)26(36)38-31-24(27(28,29)30)23(34)20-14-17-12-13-18(15-21(17)37-25(20)35)22(33)16-8-4-2-5-9-16/h2-15H,1H3/b31-24+. The van der Waals surface area contributed by atoms with Crippen molar-refractivity contribution in [1.82, 2.24) is 0 Å². The summed E-state index contributed by atoms with van der Waals surface area (Å²) in [5.74, 6) is -1.40. The second-order valence-electron chi connectivity index (χ2n) is 7.91. The van der Waals surface area contributed by atoms with Crippen LogP contribution in [0.25, 0.3) is 11.0 Å². The zero-order valence-corrected chi connectivity index (χ0v) is 21.8. The van der Waals surface area contributed by atoms with Crippen LogP contribution in [0.1, 0.15) is 26.3 Å². The predicted molar refractivity (Wildman–Crippen MR) is 146 cm³/mol. The first-order valence-corrected chi connectivity index (χ1v) is 12.1. The SMILES string of the molecule is CN(C(=O)O/N=C(\C(=O)c1cc2ccc(C(=O)c3ccccc3)cc2oc1=O)C(Cl)(Cl)Cl)c1ccccc1. The van der Waals surface area contributed by atoms with Crippen LogP contribution in [0.5, 0.6) is 0 Å². The van der Waals surface area contributed by atoms with E-state index in [1.54, 1.807) is 60.7 Å². The molecule has 4 aromatic rings. The number of alkyl halides is 3. The Kier molecular flexibility index (Phi) is 7.97. The van der Waals surface area contributed by atoms with Crippen molar-refractivity contribution in [2.45, 2.75) is 3.79 Å². The average molecular weight is 572 g/mol. The zero-order valence-electron chi connectivity index (χ0n) is 19.6. The maximum atomic E-state index is 13.2. The minimum atomic E-state index is -2.45. The first-order valence-electron chi connectivity index (χ1n) is 10.9. The van der Waals surface area contributed by atoms with E-state index in [9.17, 15) is 19.2 Å². The lowest BCUT2D eigenvalue weighted by molar-refractivity contribution is 0.103. The molecule has 0 aliphatic rings. The van der Waals surface area contributed by atoms with Crippen LogP contribution in [0.4, 0.5) is 10.5 Å². The first-order chi connectivity index (χ1) is 18.1. The van der Waals surface area contributed by atoms with Crippen molar-refractivity contribution < 1.29 is 23.6 Å². The van der Waals surface area contributed by atoms with Crippen LogP contribution < -0.4 is 10.5 Å². The van der Waals surface area contributed by atoms with E-state index in [-0.39, 0.29) is 16.9 Å². The van der Waals surface area contributed by atoms with Crippen molar-refractivity contribution in [2.75, 3.05) is 11.9 Å². The smallest absolute Gasteiger partial charge is 0.422 e. The summed E-state index contributed by atoms with van der Waals surface area (Å²) >= 11 is 17.7. The molecular formula is C27H17Cl3N2O6. The number of carbonyl (C=O) groups excluding carboxylic acids is 3. The van der Waals surface area contributed by atoms with E-state index < -0.39 is 32.6 Å². The minimum absolute atomic E-state index is 0.0663. The molecule has 8 nitrogen and oxygen atoms in total. The molecule has 11 heteroatoms. The van der Waals surface area contributed by atoms with E-state index in [1.165, 1.54) is 31.3 Å². The van der Waals surface area contributed by atoms with E-state index in [2.05, 4.69) is 5.16 Å².